The van der Waals surface area contributed by atoms with Gasteiger partial charge < -0.3 is 4.74 Å². The monoisotopic (exact) mass is 251 g/mol. The number of ether oxygens (including phenoxy) is 1. The second-order valence-electron chi connectivity index (χ2n) is 4.23. The van der Waals surface area contributed by atoms with Crippen LogP contribution in [0.5, 0.6) is 5.75 Å². The zero-order chi connectivity index (χ0) is 12.5. The van der Waals surface area contributed by atoms with Crippen LogP contribution in [0.1, 0.15) is 30.9 Å². The van der Waals surface area contributed by atoms with Gasteiger partial charge in [-0.25, -0.2) is 4.79 Å². The molecule has 0 atom stereocenters. The molecule has 4 heteroatoms. The maximum Gasteiger partial charge on any atom is 0.235 e. The van der Waals surface area contributed by atoms with E-state index in [0.717, 1.165) is 36.1 Å². The third kappa shape index (κ3) is 2.08. The average molecular weight is 252 g/mol. The van der Waals surface area contributed by atoms with Crippen molar-refractivity contribution >= 4 is 17.7 Å². The van der Waals surface area contributed by atoms with Crippen molar-refractivity contribution in [3.8, 4) is 5.75 Å². The fourth-order valence-corrected chi connectivity index (χ4v) is 2.42. The molecule has 0 unspecified atom stereocenters. The average Bonchev–Trinajstić information content (AvgIpc) is 3.09. The van der Waals surface area contributed by atoms with Crippen LogP contribution in [-0.2, 0) is 16.8 Å². The van der Waals surface area contributed by atoms with E-state index in [2.05, 4.69) is 4.99 Å². The van der Waals surface area contributed by atoms with Gasteiger partial charge in [0.25, 0.3) is 0 Å². The molecular weight excluding hydrogens is 238 g/mol. The first-order valence-corrected chi connectivity index (χ1v) is 6.00. The smallest absolute Gasteiger partial charge is 0.235 e. The molecule has 0 radical (unpaired) electrons. The molecule has 90 valence electrons. The molecule has 0 amide bonds. The standard InChI is InChI=1S/C13H14ClNO2/c1-3-10-11(14)6-9(7-12(10)17-2)13(4-5-13)15-8-16/h6-7H,3-5H2,1-2H3. The number of aliphatic imine (C=N–C) groups is 1. The molecule has 1 aromatic carbocycles. The molecule has 0 spiro atoms. The summed E-state index contributed by atoms with van der Waals surface area (Å²) < 4.78 is 5.33. The van der Waals surface area contributed by atoms with Crippen molar-refractivity contribution in [1.29, 1.82) is 0 Å². The fraction of sp³-hybridized carbons (Fsp3) is 0.462. The van der Waals surface area contributed by atoms with Gasteiger partial charge in [0.2, 0.25) is 6.08 Å². The van der Waals surface area contributed by atoms with E-state index >= 15 is 0 Å². The summed E-state index contributed by atoms with van der Waals surface area (Å²) in [4.78, 5) is 14.3. The Balaban J connectivity index is 2.51. The van der Waals surface area contributed by atoms with Crippen molar-refractivity contribution < 1.29 is 9.53 Å². The second kappa shape index (κ2) is 4.52. The van der Waals surface area contributed by atoms with Crippen LogP contribution >= 0.6 is 11.6 Å². The summed E-state index contributed by atoms with van der Waals surface area (Å²) >= 11 is 6.23. The van der Waals surface area contributed by atoms with Crippen molar-refractivity contribution in [2.24, 2.45) is 4.99 Å². The third-order valence-corrected chi connectivity index (χ3v) is 3.59. The minimum absolute atomic E-state index is 0.398. The highest BCUT2D eigenvalue weighted by atomic mass is 35.5. The Morgan fingerprint density at radius 2 is 2.24 bits per heavy atom. The van der Waals surface area contributed by atoms with E-state index in [4.69, 9.17) is 16.3 Å². The Bertz CT molecular complexity index is 488. The maximum absolute atomic E-state index is 10.4. The Morgan fingerprint density at radius 1 is 1.53 bits per heavy atom. The number of rotatable bonds is 4. The lowest BCUT2D eigenvalue weighted by atomic mass is 10.0. The summed E-state index contributed by atoms with van der Waals surface area (Å²) in [6, 6.07) is 3.81. The zero-order valence-corrected chi connectivity index (χ0v) is 10.7. The quantitative estimate of drug-likeness (QED) is 0.609. The van der Waals surface area contributed by atoms with Gasteiger partial charge in [0.15, 0.2) is 0 Å². The minimum Gasteiger partial charge on any atom is -0.496 e. The summed E-state index contributed by atoms with van der Waals surface area (Å²) in [5.41, 5.74) is 1.54. The molecule has 0 N–H and O–H groups in total. The van der Waals surface area contributed by atoms with Gasteiger partial charge in [-0.15, -0.1) is 0 Å². The number of hydrogen-bond donors (Lipinski definition) is 0. The Hall–Kier alpha value is -1.31. The molecule has 1 aliphatic carbocycles. The van der Waals surface area contributed by atoms with Gasteiger partial charge in [-0.3, -0.25) is 0 Å². The van der Waals surface area contributed by atoms with Crippen LogP contribution in [0.15, 0.2) is 17.1 Å². The summed E-state index contributed by atoms with van der Waals surface area (Å²) in [6.07, 6.45) is 4.19. The highest BCUT2D eigenvalue weighted by Gasteiger charge is 2.45. The van der Waals surface area contributed by atoms with E-state index in [1.54, 1.807) is 13.2 Å². The normalized spacial score (nSPS) is 16.2. The van der Waals surface area contributed by atoms with Crippen LogP contribution in [0.25, 0.3) is 0 Å². The number of isocyanates is 1. The molecule has 1 aromatic rings. The largest absolute Gasteiger partial charge is 0.496 e. The van der Waals surface area contributed by atoms with Crippen molar-refractivity contribution in [3.05, 3.63) is 28.3 Å². The Morgan fingerprint density at radius 3 is 2.71 bits per heavy atom. The molecule has 0 saturated heterocycles. The van der Waals surface area contributed by atoms with Gasteiger partial charge >= 0.3 is 0 Å². The van der Waals surface area contributed by atoms with Crippen LogP contribution < -0.4 is 4.74 Å². The van der Waals surface area contributed by atoms with E-state index in [1.165, 1.54) is 0 Å². The first kappa shape index (κ1) is 12.2. The fourth-order valence-electron chi connectivity index (χ4n) is 2.08. The molecule has 1 saturated carbocycles. The highest BCUT2D eigenvalue weighted by molar-refractivity contribution is 6.31. The van der Waals surface area contributed by atoms with Gasteiger partial charge in [-0.1, -0.05) is 18.5 Å². The van der Waals surface area contributed by atoms with Crippen molar-refractivity contribution in [3.63, 3.8) is 0 Å². The highest BCUT2D eigenvalue weighted by Crippen LogP contribution is 2.51. The molecule has 0 heterocycles. The summed E-state index contributed by atoms with van der Waals surface area (Å²) in [5.74, 6) is 0.766. The molecule has 1 fully saturated rings. The number of carbonyl (C=O) groups excluding carboxylic acids is 1. The van der Waals surface area contributed by atoms with E-state index < -0.39 is 5.54 Å². The summed E-state index contributed by atoms with van der Waals surface area (Å²) in [7, 11) is 1.62. The predicted molar refractivity (Wildman–Crippen MR) is 66.4 cm³/mol. The maximum atomic E-state index is 10.4. The van der Waals surface area contributed by atoms with Crippen molar-refractivity contribution in [2.45, 2.75) is 31.7 Å². The van der Waals surface area contributed by atoms with Crippen LogP contribution in [0, 0.1) is 0 Å². The summed E-state index contributed by atoms with van der Waals surface area (Å²) in [5, 5.41) is 0.675. The molecule has 0 aliphatic heterocycles. The van der Waals surface area contributed by atoms with E-state index in [9.17, 15) is 4.79 Å². The molecular formula is C13H14ClNO2. The van der Waals surface area contributed by atoms with Crippen LogP contribution in [0.3, 0.4) is 0 Å². The molecule has 2 rings (SSSR count). The third-order valence-electron chi connectivity index (χ3n) is 3.25. The SMILES string of the molecule is CCc1c(Cl)cc(C2(N=C=O)CC2)cc1OC. The topological polar surface area (TPSA) is 38.7 Å². The van der Waals surface area contributed by atoms with Gasteiger partial charge in [0.05, 0.1) is 12.6 Å². The van der Waals surface area contributed by atoms with Crippen LogP contribution in [0.4, 0.5) is 0 Å². The van der Waals surface area contributed by atoms with Crippen molar-refractivity contribution in [2.75, 3.05) is 7.11 Å². The number of methoxy groups -OCH3 is 1. The number of halogens is 1. The van der Waals surface area contributed by atoms with E-state index in [-0.39, 0.29) is 0 Å². The minimum atomic E-state index is -0.398. The van der Waals surface area contributed by atoms with Crippen LogP contribution in [0.2, 0.25) is 5.02 Å². The molecule has 17 heavy (non-hydrogen) atoms. The number of hydrogen-bond acceptors (Lipinski definition) is 3. The predicted octanol–water partition coefficient (Wildman–Crippen LogP) is 3.24. The Labute approximate surface area is 105 Å². The first-order valence-electron chi connectivity index (χ1n) is 5.63. The molecule has 3 nitrogen and oxygen atoms in total. The zero-order valence-electron chi connectivity index (χ0n) is 9.92. The van der Waals surface area contributed by atoms with Gasteiger partial charge in [-0.05, 0) is 37.0 Å². The van der Waals surface area contributed by atoms with Gasteiger partial charge in [-0.2, -0.15) is 4.99 Å². The second-order valence-corrected chi connectivity index (χ2v) is 4.63. The summed E-state index contributed by atoms with van der Waals surface area (Å²) in [6.45, 7) is 2.03. The molecule has 0 aromatic heterocycles. The van der Waals surface area contributed by atoms with Gasteiger partial charge in [0.1, 0.15) is 5.75 Å². The molecule has 1 aliphatic rings. The lowest BCUT2D eigenvalue weighted by molar-refractivity contribution is 0.409. The lowest BCUT2D eigenvalue weighted by Gasteiger charge is -2.14. The van der Waals surface area contributed by atoms with Crippen molar-refractivity contribution in [1.82, 2.24) is 0 Å². The van der Waals surface area contributed by atoms with E-state index in [0.29, 0.717) is 5.02 Å². The molecule has 0 bridgehead atoms. The van der Waals surface area contributed by atoms with E-state index in [1.807, 2.05) is 19.1 Å². The number of nitrogens with zero attached hydrogens (tertiary/aromatic N) is 1. The lowest BCUT2D eigenvalue weighted by Crippen LogP contribution is -2.04. The van der Waals surface area contributed by atoms with Gasteiger partial charge in [0, 0.05) is 10.6 Å². The first-order chi connectivity index (χ1) is 8.16. The Kier molecular flexibility index (Phi) is 3.23. The van der Waals surface area contributed by atoms with Crippen LogP contribution in [-0.4, -0.2) is 13.2 Å². The number of benzene rings is 1.